The molecule has 0 saturated heterocycles. The molecule has 0 aliphatic heterocycles. The summed E-state index contributed by atoms with van der Waals surface area (Å²) in [4.78, 5) is 0. The van der Waals surface area contributed by atoms with E-state index < -0.39 is 0 Å². The van der Waals surface area contributed by atoms with E-state index in [2.05, 4.69) is 50.1 Å². The van der Waals surface area contributed by atoms with Gasteiger partial charge in [0.2, 0.25) is 0 Å². The first kappa shape index (κ1) is 16.1. The van der Waals surface area contributed by atoms with Crippen molar-refractivity contribution in [2.75, 3.05) is 0 Å². The van der Waals surface area contributed by atoms with Crippen LogP contribution in [-0.2, 0) is 25.8 Å². The second kappa shape index (κ2) is 7.10. The Bertz CT molecular complexity index is 604. The number of aromatic nitrogens is 2. The quantitative estimate of drug-likeness (QED) is 0.887. The van der Waals surface area contributed by atoms with Gasteiger partial charge in [0.15, 0.2) is 0 Å². The largest absolute Gasteiger partial charge is 0.327 e. The third-order valence-electron chi connectivity index (χ3n) is 3.89. The number of hydrogen-bond acceptors (Lipinski definition) is 2. The maximum atomic E-state index is 6.45. The Kier molecular flexibility index (Phi) is 5.43. The van der Waals surface area contributed by atoms with Gasteiger partial charge in [-0.3, -0.25) is 4.68 Å². The summed E-state index contributed by atoms with van der Waals surface area (Å²) in [7, 11) is 0. The van der Waals surface area contributed by atoms with Crippen LogP contribution in [0.5, 0.6) is 0 Å². The van der Waals surface area contributed by atoms with E-state index in [-0.39, 0.29) is 6.04 Å². The zero-order valence-corrected chi connectivity index (χ0v) is 13.8. The second-order valence-electron chi connectivity index (χ2n) is 5.47. The van der Waals surface area contributed by atoms with Crippen molar-refractivity contribution in [3.8, 4) is 0 Å². The first-order valence-corrected chi connectivity index (χ1v) is 7.98. The average molecular weight is 306 g/mol. The fraction of sp³-hybridized carbons (Fsp3) is 0.471. The van der Waals surface area contributed by atoms with E-state index in [1.165, 1.54) is 11.1 Å². The Hall–Kier alpha value is -1.32. The number of nitrogens with zero attached hydrogens (tertiary/aromatic N) is 2. The van der Waals surface area contributed by atoms with Gasteiger partial charge >= 0.3 is 0 Å². The van der Waals surface area contributed by atoms with Crippen molar-refractivity contribution in [1.29, 1.82) is 0 Å². The first-order valence-electron chi connectivity index (χ1n) is 7.60. The van der Waals surface area contributed by atoms with Gasteiger partial charge in [0, 0.05) is 19.0 Å². The minimum atomic E-state index is 0.0512. The zero-order chi connectivity index (χ0) is 15.4. The number of halogens is 1. The third kappa shape index (κ3) is 3.66. The molecule has 3 nitrogen and oxygen atoms in total. The smallest absolute Gasteiger partial charge is 0.0850 e. The molecule has 114 valence electrons. The second-order valence-corrected chi connectivity index (χ2v) is 5.85. The Morgan fingerprint density at radius 2 is 1.95 bits per heavy atom. The summed E-state index contributed by atoms with van der Waals surface area (Å²) in [5, 5.41) is 5.34. The van der Waals surface area contributed by atoms with Gasteiger partial charge in [-0.25, -0.2) is 0 Å². The molecule has 0 radical (unpaired) electrons. The molecule has 0 amide bonds. The molecule has 0 aliphatic carbocycles. The molecule has 21 heavy (non-hydrogen) atoms. The van der Waals surface area contributed by atoms with Crippen molar-refractivity contribution in [3.05, 3.63) is 51.8 Å². The van der Waals surface area contributed by atoms with Gasteiger partial charge in [-0.15, -0.1) is 0 Å². The van der Waals surface area contributed by atoms with Gasteiger partial charge in [-0.1, -0.05) is 42.8 Å². The lowest BCUT2D eigenvalue weighted by Crippen LogP contribution is -2.27. The minimum absolute atomic E-state index is 0.0512. The lowest BCUT2D eigenvalue weighted by molar-refractivity contribution is 0.572. The lowest BCUT2D eigenvalue weighted by atomic mass is 9.99. The molecular weight excluding hydrogens is 282 g/mol. The monoisotopic (exact) mass is 305 g/mol. The van der Waals surface area contributed by atoms with Crippen LogP contribution >= 0.6 is 11.6 Å². The van der Waals surface area contributed by atoms with Crippen molar-refractivity contribution in [2.45, 2.75) is 52.6 Å². The highest BCUT2D eigenvalue weighted by molar-refractivity contribution is 6.31. The molecule has 1 heterocycles. The van der Waals surface area contributed by atoms with Crippen LogP contribution in [-0.4, -0.2) is 15.8 Å². The van der Waals surface area contributed by atoms with Crippen LogP contribution in [0.15, 0.2) is 24.3 Å². The molecule has 0 fully saturated rings. The summed E-state index contributed by atoms with van der Waals surface area (Å²) in [6, 6.07) is 8.44. The topological polar surface area (TPSA) is 43.8 Å². The Morgan fingerprint density at radius 1 is 1.24 bits per heavy atom. The maximum absolute atomic E-state index is 6.45. The summed E-state index contributed by atoms with van der Waals surface area (Å²) in [6.07, 6.45) is 2.47. The highest BCUT2D eigenvalue weighted by Gasteiger charge is 2.17. The van der Waals surface area contributed by atoms with E-state index in [0.29, 0.717) is 0 Å². The van der Waals surface area contributed by atoms with Crippen molar-refractivity contribution in [2.24, 2.45) is 5.73 Å². The number of hydrogen-bond donors (Lipinski definition) is 1. The number of benzene rings is 1. The standard InChI is InChI=1S/C17H24ClN3/c1-4-15-17(18)16(21(5-2)20-15)11-14(19)10-13-9-7-6-8-12(13)3/h6-9,14H,4-5,10-11,19H2,1-3H3. The van der Waals surface area contributed by atoms with Crippen LogP contribution in [0, 0.1) is 6.92 Å². The Morgan fingerprint density at radius 3 is 2.57 bits per heavy atom. The average Bonchev–Trinajstić information content (AvgIpc) is 2.77. The molecule has 0 bridgehead atoms. The van der Waals surface area contributed by atoms with Crippen LogP contribution in [0.4, 0.5) is 0 Å². The van der Waals surface area contributed by atoms with E-state index in [4.69, 9.17) is 17.3 Å². The molecule has 2 aromatic rings. The van der Waals surface area contributed by atoms with Gasteiger partial charge < -0.3 is 5.73 Å². The summed E-state index contributed by atoms with van der Waals surface area (Å²) >= 11 is 6.45. The highest BCUT2D eigenvalue weighted by atomic mass is 35.5. The van der Waals surface area contributed by atoms with Crippen LogP contribution in [0.3, 0.4) is 0 Å². The fourth-order valence-electron chi connectivity index (χ4n) is 2.65. The van der Waals surface area contributed by atoms with E-state index in [1.54, 1.807) is 0 Å². The van der Waals surface area contributed by atoms with Crippen molar-refractivity contribution in [1.82, 2.24) is 9.78 Å². The van der Waals surface area contributed by atoms with E-state index in [9.17, 15) is 0 Å². The Labute approximate surface area is 132 Å². The molecule has 0 spiro atoms. The van der Waals surface area contributed by atoms with Gasteiger partial charge in [0.1, 0.15) is 0 Å². The van der Waals surface area contributed by atoms with Crippen LogP contribution in [0.2, 0.25) is 5.02 Å². The molecule has 2 N–H and O–H groups in total. The summed E-state index contributed by atoms with van der Waals surface area (Å²) in [5.41, 5.74) is 11.0. The highest BCUT2D eigenvalue weighted by Crippen LogP contribution is 2.23. The van der Waals surface area contributed by atoms with E-state index in [0.717, 1.165) is 42.2 Å². The molecule has 1 aromatic heterocycles. The molecule has 1 unspecified atom stereocenters. The zero-order valence-electron chi connectivity index (χ0n) is 13.1. The summed E-state index contributed by atoms with van der Waals surface area (Å²) < 4.78 is 1.98. The number of nitrogens with two attached hydrogens (primary N) is 1. The Balaban J connectivity index is 2.14. The number of rotatable bonds is 6. The number of aryl methyl sites for hydroxylation is 3. The van der Waals surface area contributed by atoms with Crippen molar-refractivity contribution >= 4 is 11.6 Å². The van der Waals surface area contributed by atoms with Gasteiger partial charge in [-0.2, -0.15) is 5.10 Å². The summed E-state index contributed by atoms with van der Waals surface area (Å²) in [6.45, 7) is 7.11. The van der Waals surface area contributed by atoms with Gasteiger partial charge in [-0.05, 0) is 37.8 Å². The lowest BCUT2D eigenvalue weighted by Gasteiger charge is -2.14. The van der Waals surface area contributed by atoms with E-state index in [1.807, 2.05) is 4.68 Å². The molecule has 0 aliphatic rings. The van der Waals surface area contributed by atoms with Gasteiger partial charge in [0.25, 0.3) is 0 Å². The van der Waals surface area contributed by atoms with Crippen molar-refractivity contribution in [3.63, 3.8) is 0 Å². The molecule has 4 heteroatoms. The maximum Gasteiger partial charge on any atom is 0.0850 e. The van der Waals surface area contributed by atoms with Crippen LogP contribution in [0.25, 0.3) is 0 Å². The predicted octanol–water partition coefficient (Wildman–Crippen LogP) is 3.54. The molecule has 1 aromatic carbocycles. The summed E-state index contributed by atoms with van der Waals surface area (Å²) in [5.74, 6) is 0. The molecule has 0 saturated carbocycles. The van der Waals surface area contributed by atoms with E-state index >= 15 is 0 Å². The third-order valence-corrected chi connectivity index (χ3v) is 4.33. The van der Waals surface area contributed by atoms with Crippen molar-refractivity contribution < 1.29 is 0 Å². The normalized spacial score (nSPS) is 12.6. The first-order chi connectivity index (χ1) is 10.1. The molecular formula is C17H24ClN3. The van der Waals surface area contributed by atoms with Crippen LogP contribution in [0.1, 0.15) is 36.4 Å². The predicted molar refractivity (Wildman–Crippen MR) is 88.9 cm³/mol. The fourth-order valence-corrected chi connectivity index (χ4v) is 3.00. The minimum Gasteiger partial charge on any atom is -0.327 e. The molecule has 1 atom stereocenters. The molecule has 2 rings (SSSR count). The van der Waals surface area contributed by atoms with Gasteiger partial charge in [0.05, 0.1) is 16.4 Å². The SMILES string of the molecule is CCc1nn(CC)c(CC(N)Cc2ccccc2C)c1Cl. The van der Waals surface area contributed by atoms with Crippen LogP contribution < -0.4 is 5.73 Å².